The number of nitriles is 1. The van der Waals surface area contributed by atoms with Gasteiger partial charge in [0.05, 0.1) is 9.82 Å². The molecule has 0 radical (unpaired) electrons. The van der Waals surface area contributed by atoms with Gasteiger partial charge in [0.15, 0.2) is 5.75 Å². The second-order valence-corrected chi connectivity index (χ2v) is 8.49. The highest BCUT2D eigenvalue weighted by Crippen LogP contribution is 2.29. The molecular formula is C20H18N4O6S. The smallest absolute Gasteiger partial charge is 0.312 e. The fourth-order valence-corrected chi connectivity index (χ4v) is 4.16. The van der Waals surface area contributed by atoms with Crippen molar-refractivity contribution >= 4 is 33.4 Å². The van der Waals surface area contributed by atoms with Gasteiger partial charge in [0.2, 0.25) is 0 Å². The molecule has 160 valence electrons. The number of nitrogens with one attached hydrogen (secondary N) is 1. The molecule has 1 fully saturated rings. The Kier molecular flexibility index (Phi) is 6.22. The molecule has 0 spiro atoms. The van der Waals surface area contributed by atoms with Gasteiger partial charge in [0, 0.05) is 24.8 Å². The van der Waals surface area contributed by atoms with Crippen molar-refractivity contribution in [2.75, 3.05) is 17.8 Å². The highest BCUT2D eigenvalue weighted by atomic mass is 32.2. The molecule has 1 aliphatic rings. The summed E-state index contributed by atoms with van der Waals surface area (Å²) < 4.78 is 27.3. The summed E-state index contributed by atoms with van der Waals surface area (Å²) in [7, 11) is -4.15. The van der Waals surface area contributed by atoms with E-state index in [0.29, 0.717) is 18.7 Å². The lowest BCUT2D eigenvalue weighted by atomic mass is 10.1. The number of nitro benzene ring substituents is 1. The zero-order chi connectivity index (χ0) is 22.6. The number of rotatable bonds is 6. The van der Waals surface area contributed by atoms with Crippen LogP contribution in [-0.2, 0) is 14.8 Å². The lowest BCUT2D eigenvalue weighted by Crippen LogP contribution is -2.28. The van der Waals surface area contributed by atoms with Crippen LogP contribution in [-0.4, -0.2) is 42.3 Å². The molecule has 2 N–H and O–H groups in total. The van der Waals surface area contributed by atoms with Crippen LogP contribution in [0.5, 0.6) is 5.75 Å². The number of likely N-dealkylation sites (tertiary alicyclic amines) is 1. The van der Waals surface area contributed by atoms with Gasteiger partial charge in [-0.3, -0.25) is 19.6 Å². The van der Waals surface area contributed by atoms with E-state index in [2.05, 4.69) is 4.72 Å². The van der Waals surface area contributed by atoms with Crippen LogP contribution in [0.3, 0.4) is 0 Å². The van der Waals surface area contributed by atoms with Crippen LogP contribution in [0.2, 0.25) is 0 Å². The number of sulfonamides is 1. The van der Waals surface area contributed by atoms with E-state index in [4.69, 9.17) is 0 Å². The molecule has 2 aromatic rings. The normalized spacial score (nSPS) is 14.2. The number of benzene rings is 2. The summed E-state index contributed by atoms with van der Waals surface area (Å²) in [5, 5.41) is 29.7. The van der Waals surface area contributed by atoms with E-state index in [1.165, 1.54) is 30.3 Å². The molecule has 0 aliphatic carbocycles. The summed E-state index contributed by atoms with van der Waals surface area (Å²) in [6.07, 6.45) is 3.25. The van der Waals surface area contributed by atoms with Crippen molar-refractivity contribution in [2.45, 2.75) is 17.7 Å². The minimum Gasteiger partial charge on any atom is -0.502 e. The molecule has 0 saturated carbocycles. The Morgan fingerprint density at radius 3 is 2.42 bits per heavy atom. The van der Waals surface area contributed by atoms with Crippen molar-refractivity contribution in [1.82, 2.24) is 4.90 Å². The van der Waals surface area contributed by atoms with Crippen LogP contribution in [0.15, 0.2) is 52.9 Å². The van der Waals surface area contributed by atoms with Crippen molar-refractivity contribution in [3.8, 4) is 11.8 Å². The fraction of sp³-hybridized carbons (Fsp3) is 0.200. The first-order valence-corrected chi connectivity index (χ1v) is 10.7. The standard InChI is InChI=1S/C20H18N4O6S/c21-13-15(20(26)23-9-1-2-10-23)11-14-3-5-16(6-4-14)22-31(29,30)17-7-8-19(25)18(12-17)24(27)28/h3-8,11-12,22,25H,1-2,9-10H2/b15-11-. The third kappa shape index (κ3) is 4.99. The second-order valence-electron chi connectivity index (χ2n) is 6.80. The molecular weight excluding hydrogens is 424 g/mol. The van der Waals surface area contributed by atoms with Crippen LogP contribution < -0.4 is 4.72 Å². The monoisotopic (exact) mass is 442 g/mol. The Labute approximate surface area is 178 Å². The molecule has 0 unspecified atom stereocenters. The molecule has 11 heteroatoms. The molecule has 0 atom stereocenters. The largest absolute Gasteiger partial charge is 0.502 e. The Morgan fingerprint density at radius 2 is 1.84 bits per heavy atom. The summed E-state index contributed by atoms with van der Waals surface area (Å²) in [6.45, 7) is 1.24. The van der Waals surface area contributed by atoms with Gasteiger partial charge in [-0.2, -0.15) is 5.26 Å². The third-order valence-corrected chi connectivity index (χ3v) is 6.05. The highest BCUT2D eigenvalue weighted by molar-refractivity contribution is 7.92. The molecule has 2 aromatic carbocycles. The molecule has 1 heterocycles. The average molecular weight is 442 g/mol. The summed E-state index contributed by atoms with van der Waals surface area (Å²) >= 11 is 0. The van der Waals surface area contributed by atoms with Crippen LogP contribution >= 0.6 is 0 Å². The van der Waals surface area contributed by atoms with E-state index in [1.54, 1.807) is 4.90 Å². The van der Waals surface area contributed by atoms with E-state index < -0.39 is 26.4 Å². The number of anilines is 1. The van der Waals surface area contributed by atoms with Crippen LogP contribution in [0.4, 0.5) is 11.4 Å². The topological polar surface area (TPSA) is 154 Å². The summed E-state index contributed by atoms with van der Waals surface area (Å²) in [5.74, 6) is -0.976. The minimum atomic E-state index is -4.15. The van der Waals surface area contributed by atoms with Gasteiger partial charge in [-0.15, -0.1) is 0 Å². The maximum absolute atomic E-state index is 12.5. The Hall–Kier alpha value is -3.91. The number of phenols is 1. The minimum absolute atomic E-state index is 0.00775. The molecule has 31 heavy (non-hydrogen) atoms. The first kappa shape index (κ1) is 21.8. The molecule has 0 aromatic heterocycles. The van der Waals surface area contributed by atoms with E-state index in [1.807, 2.05) is 6.07 Å². The van der Waals surface area contributed by atoms with Gasteiger partial charge in [-0.25, -0.2) is 8.42 Å². The average Bonchev–Trinajstić information content (AvgIpc) is 3.27. The highest BCUT2D eigenvalue weighted by Gasteiger charge is 2.22. The summed E-state index contributed by atoms with van der Waals surface area (Å²) in [5.41, 5.74) is -0.0220. The first-order valence-electron chi connectivity index (χ1n) is 9.22. The van der Waals surface area contributed by atoms with E-state index in [9.17, 15) is 33.7 Å². The number of nitrogens with zero attached hydrogens (tertiary/aromatic N) is 3. The van der Waals surface area contributed by atoms with E-state index in [0.717, 1.165) is 31.0 Å². The predicted molar refractivity (Wildman–Crippen MR) is 111 cm³/mol. The maximum Gasteiger partial charge on any atom is 0.312 e. The van der Waals surface area contributed by atoms with Crippen molar-refractivity contribution in [3.05, 3.63) is 63.7 Å². The van der Waals surface area contributed by atoms with Crippen molar-refractivity contribution < 1.29 is 23.2 Å². The van der Waals surface area contributed by atoms with Gasteiger partial charge < -0.3 is 10.0 Å². The number of phenolic OH excluding ortho intramolecular Hbond substituents is 1. The Bertz CT molecular complexity index is 1190. The van der Waals surface area contributed by atoms with Crippen molar-refractivity contribution in [2.24, 2.45) is 0 Å². The van der Waals surface area contributed by atoms with Crippen LogP contribution in [0.1, 0.15) is 18.4 Å². The van der Waals surface area contributed by atoms with Crippen LogP contribution in [0, 0.1) is 21.4 Å². The van der Waals surface area contributed by atoms with E-state index in [-0.39, 0.29) is 22.1 Å². The van der Waals surface area contributed by atoms with Gasteiger partial charge in [-0.1, -0.05) is 12.1 Å². The zero-order valence-electron chi connectivity index (χ0n) is 16.2. The van der Waals surface area contributed by atoms with Crippen LogP contribution in [0.25, 0.3) is 6.08 Å². The number of carbonyl (C=O) groups excluding carboxylic acids is 1. The molecule has 0 bridgehead atoms. The quantitative estimate of drug-likeness (QED) is 0.302. The molecule has 1 saturated heterocycles. The fourth-order valence-electron chi connectivity index (χ4n) is 3.08. The lowest BCUT2D eigenvalue weighted by Gasteiger charge is -2.14. The van der Waals surface area contributed by atoms with Gasteiger partial charge in [0.1, 0.15) is 11.6 Å². The van der Waals surface area contributed by atoms with Gasteiger partial charge in [-0.05, 0) is 48.7 Å². The Balaban J connectivity index is 1.78. The number of amides is 1. The maximum atomic E-state index is 12.5. The molecule has 10 nitrogen and oxygen atoms in total. The number of carbonyl (C=O) groups is 1. The van der Waals surface area contributed by atoms with Crippen molar-refractivity contribution in [3.63, 3.8) is 0 Å². The van der Waals surface area contributed by atoms with Gasteiger partial charge in [0.25, 0.3) is 15.9 Å². The SMILES string of the molecule is N#C/C(=C/c1ccc(NS(=O)(=O)c2ccc(O)c([N+](=O)[O-])c2)cc1)C(=O)N1CCCC1. The summed E-state index contributed by atoms with van der Waals surface area (Å²) in [6, 6.07) is 10.6. The van der Waals surface area contributed by atoms with Crippen molar-refractivity contribution in [1.29, 1.82) is 5.26 Å². The second kappa shape index (κ2) is 8.85. The number of hydrogen-bond acceptors (Lipinski definition) is 7. The molecule has 1 amide bonds. The van der Waals surface area contributed by atoms with Gasteiger partial charge >= 0.3 is 5.69 Å². The Morgan fingerprint density at radius 1 is 1.19 bits per heavy atom. The summed E-state index contributed by atoms with van der Waals surface area (Å²) in [4.78, 5) is 23.6. The number of aromatic hydroxyl groups is 1. The molecule has 1 aliphatic heterocycles. The third-order valence-electron chi connectivity index (χ3n) is 4.67. The lowest BCUT2D eigenvalue weighted by molar-refractivity contribution is -0.386. The number of nitro groups is 1. The van der Waals surface area contributed by atoms with E-state index >= 15 is 0 Å². The predicted octanol–water partition coefficient (Wildman–Crippen LogP) is 2.63. The first-order chi connectivity index (χ1) is 14.7. The number of hydrogen-bond donors (Lipinski definition) is 2. The molecule has 3 rings (SSSR count). The zero-order valence-corrected chi connectivity index (χ0v) is 17.0.